The Morgan fingerprint density at radius 2 is 1.81 bits per heavy atom. The first-order chi connectivity index (χ1) is 13.2. The van der Waals surface area contributed by atoms with Gasteiger partial charge in [0.25, 0.3) is 0 Å². The molecule has 1 N–H and O–H groups in total. The first kappa shape index (κ1) is 19.2. The van der Waals surface area contributed by atoms with Crippen LogP contribution in [0, 0.1) is 0 Å². The molecule has 1 amide bonds. The Balaban J connectivity index is 1.69. The van der Waals surface area contributed by atoms with Crippen molar-refractivity contribution in [2.75, 3.05) is 32.6 Å². The molecule has 1 unspecified atom stereocenters. The highest BCUT2D eigenvalue weighted by Crippen LogP contribution is 2.31. The number of nitrogens with one attached hydrogen (secondary N) is 1. The van der Waals surface area contributed by atoms with Crippen LogP contribution < -0.4 is 14.8 Å². The molecular weight excluding hydrogens is 340 g/mol. The van der Waals surface area contributed by atoms with E-state index in [1.165, 1.54) is 18.4 Å². The predicted molar refractivity (Wildman–Crippen MR) is 107 cm³/mol. The average Bonchev–Trinajstić information content (AvgIpc) is 2.93. The summed E-state index contributed by atoms with van der Waals surface area (Å²) in [6, 6.07) is 15.9. The van der Waals surface area contributed by atoms with Crippen LogP contribution in [-0.4, -0.2) is 38.1 Å². The Kier molecular flexibility index (Phi) is 6.71. The highest BCUT2D eigenvalue weighted by Gasteiger charge is 2.24. The van der Waals surface area contributed by atoms with Crippen LogP contribution >= 0.6 is 0 Å². The maximum absolute atomic E-state index is 12.7. The minimum absolute atomic E-state index is 0.00339. The van der Waals surface area contributed by atoms with Gasteiger partial charge in [-0.05, 0) is 49.2 Å². The smallest absolute Gasteiger partial charge is 0.238 e. The largest absolute Gasteiger partial charge is 0.497 e. The minimum Gasteiger partial charge on any atom is -0.497 e. The lowest BCUT2D eigenvalue weighted by Gasteiger charge is -2.29. The maximum Gasteiger partial charge on any atom is 0.238 e. The molecule has 1 heterocycles. The second kappa shape index (κ2) is 9.42. The van der Waals surface area contributed by atoms with E-state index in [0.717, 1.165) is 36.6 Å². The van der Waals surface area contributed by atoms with Crippen LogP contribution in [0.4, 0.5) is 5.69 Å². The van der Waals surface area contributed by atoms with Crippen molar-refractivity contribution in [1.82, 2.24) is 4.90 Å². The SMILES string of the molecule is COc1ccc(C2CCCCCN2CC(=O)Nc2cccc(OC)c2)cc1. The summed E-state index contributed by atoms with van der Waals surface area (Å²) in [5.41, 5.74) is 2.00. The summed E-state index contributed by atoms with van der Waals surface area (Å²) in [7, 11) is 3.30. The molecule has 0 aliphatic carbocycles. The van der Waals surface area contributed by atoms with Crippen molar-refractivity contribution in [3.63, 3.8) is 0 Å². The first-order valence-electron chi connectivity index (χ1n) is 9.51. The normalized spacial score (nSPS) is 17.8. The van der Waals surface area contributed by atoms with Crippen LogP contribution in [0.3, 0.4) is 0 Å². The van der Waals surface area contributed by atoms with Gasteiger partial charge in [-0.1, -0.05) is 31.0 Å². The van der Waals surface area contributed by atoms with Gasteiger partial charge in [0, 0.05) is 17.8 Å². The predicted octanol–water partition coefficient (Wildman–Crippen LogP) is 4.26. The quantitative estimate of drug-likeness (QED) is 0.828. The number of anilines is 1. The standard InChI is InChI=1S/C22H28N2O3/c1-26-19-12-10-17(11-13-19)21-9-4-3-5-14-24(21)16-22(25)23-18-7-6-8-20(15-18)27-2/h6-8,10-13,15,21H,3-5,9,14,16H2,1-2H3,(H,23,25). The Labute approximate surface area is 161 Å². The number of rotatable bonds is 6. The molecule has 0 radical (unpaired) electrons. The fraction of sp³-hybridized carbons (Fsp3) is 0.409. The third-order valence-electron chi connectivity index (χ3n) is 5.06. The van der Waals surface area contributed by atoms with Crippen molar-refractivity contribution >= 4 is 11.6 Å². The van der Waals surface area contributed by atoms with Crippen molar-refractivity contribution < 1.29 is 14.3 Å². The minimum atomic E-state index is 0.00339. The number of carbonyl (C=O) groups is 1. The Morgan fingerprint density at radius 3 is 2.56 bits per heavy atom. The average molecular weight is 368 g/mol. The molecule has 5 heteroatoms. The van der Waals surface area contributed by atoms with Gasteiger partial charge in [0.05, 0.1) is 20.8 Å². The topological polar surface area (TPSA) is 50.8 Å². The summed E-state index contributed by atoms with van der Waals surface area (Å²) in [6.45, 7) is 1.32. The number of hydrogen-bond donors (Lipinski definition) is 1. The lowest BCUT2D eigenvalue weighted by atomic mass is 10.0. The number of nitrogens with zero attached hydrogens (tertiary/aromatic N) is 1. The molecule has 144 valence electrons. The van der Waals surface area contributed by atoms with Crippen molar-refractivity contribution in [1.29, 1.82) is 0 Å². The molecule has 3 rings (SSSR count). The number of likely N-dealkylation sites (tertiary alicyclic amines) is 1. The summed E-state index contributed by atoms with van der Waals surface area (Å²) in [6.07, 6.45) is 4.59. The third-order valence-corrected chi connectivity index (χ3v) is 5.06. The number of hydrogen-bond acceptors (Lipinski definition) is 4. The molecule has 0 saturated carbocycles. The molecule has 1 aliphatic heterocycles. The van der Waals surface area contributed by atoms with Crippen LogP contribution in [0.15, 0.2) is 48.5 Å². The monoisotopic (exact) mass is 368 g/mol. The summed E-state index contributed by atoms with van der Waals surface area (Å²) in [5, 5.41) is 2.99. The highest BCUT2D eigenvalue weighted by molar-refractivity contribution is 5.92. The van der Waals surface area contributed by atoms with Gasteiger partial charge in [-0.25, -0.2) is 0 Å². The lowest BCUT2D eigenvalue weighted by molar-refractivity contribution is -0.117. The molecule has 1 atom stereocenters. The van der Waals surface area contributed by atoms with Crippen LogP contribution in [0.5, 0.6) is 11.5 Å². The molecule has 0 spiro atoms. The van der Waals surface area contributed by atoms with Crippen molar-refractivity contribution in [3.05, 3.63) is 54.1 Å². The second-order valence-corrected chi connectivity index (χ2v) is 6.89. The van der Waals surface area contributed by atoms with E-state index in [-0.39, 0.29) is 11.9 Å². The van der Waals surface area contributed by atoms with E-state index in [1.54, 1.807) is 14.2 Å². The molecule has 2 aromatic rings. The number of carbonyl (C=O) groups excluding carboxylic acids is 1. The molecule has 1 fully saturated rings. The second-order valence-electron chi connectivity index (χ2n) is 6.89. The van der Waals surface area contributed by atoms with Crippen LogP contribution in [0.1, 0.15) is 37.3 Å². The van der Waals surface area contributed by atoms with Gasteiger partial charge < -0.3 is 14.8 Å². The molecule has 1 saturated heterocycles. The Morgan fingerprint density at radius 1 is 1.04 bits per heavy atom. The van der Waals surface area contributed by atoms with Crippen LogP contribution in [0.2, 0.25) is 0 Å². The van der Waals surface area contributed by atoms with Gasteiger partial charge in [0.2, 0.25) is 5.91 Å². The van der Waals surface area contributed by atoms with Gasteiger partial charge in [-0.15, -0.1) is 0 Å². The van der Waals surface area contributed by atoms with Gasteiger partial charge >= 0.3 is 0 Å². The number of ether oxygens (including phenoxy) is 2. The third kappa shape index (κ3) is 5.23. The number of methoxy groups -OCH3 is 2. The van der Waals surface area contributed by atoms with Crippen LogP contribution in [0.25, 0.3) is 0 Å². The zero-order valence-electron chi connectivity index (χ0n) is 16.1. The first-order valence-corrected chi connectivity index (χ1v) is 9.51. The highest BCUT2D eigenvalue weighted by atomic mass is 16.5. The molecule has 1 aliphatic rings. The number of benzene rings is 2. The van der Waals surface area contributed by atoms with E-state index >= 15 is 0 Å². The van der Waals surface area contributed by atoms with Crippen molar-refractivity contribution in [2.24, 2.45) is 0 Å². The van der Waals surface area contributed by atoms with Crippen molar-refractivity contribution in [2.45, 2.75) is 31.7 Å². The Hall–Kier alpha value is -2.53. The number of amides is 1. The van der Waals surface area contributed by atoms with E-state index in [4.69, 9.17) is 9.47 Å². The molecule has 0 aromatic heterocycles. The lowest BCUT2D eigenvalue weighted by Crippen LogP contribution is -2.36. The van der Waals surface area contributed by atoms with Crippen molar-refractivity contribution in [3.8, 4) is 11.5 Å². The maximum atomic E-state index is 12.7. The summed E-state index contributed by atoms with van der Waals surface area (Å²) in [5.74, 6) is 1.59. The Bertz CT molecular complexity index is 745. The van der Waals surface area contributed by atoms with Crippen LogP contribution in [-0.2, 0) is 4.79 Å². The van der Waals surface area contributed by atoms with E-state index in [0.29, 0.717) is 6.54 Å². The van der Waals surface area contributed by atoms with E-state index < -0.39 is 0 Å². The van der Waals surface area contributed by atoms with Gasteiger partial charge in [-0.3, -0.25) is 9.69 Å². The summed E-state index contributed by atoms with van der Waals surface area (Å²) < 4.78 is 10.5. The fourth-order valence-electron chi connectivity index (χ4n) is 3.65. The van der Waals surface area contributed by atoms with E-state index in [9.17, 15) is 4.79 Å². The molecule has 2 aromatic carbocycles. The van der Waals surface area contributed by atoms with Gasteiger partial charge in [-0.2, -0.15) is 0 Å². The molecule has 0 bridgehead atoms. The van der Waals surface area contributed by atoms with E-state index in [1.807, 2.05) is 36.4 Å². The summed E-state index contributed by atoms with van der Waals surface area (Å²) in [4.78, 5) is 15.0. The van der Waals surface area contributed by atoms with E-state index in [2.05, 4.69) is 22.3 Å². The zero-order valence-corrected chi connectivity index (χ0v) is 16.1. The fourth-order valence-corrected chi connectivity index (χ4v) is 3.65. The molecule has 5 nitrogen and oxygen atoms in total. The summed E-state index contributed by atoms with van der Waals surface area (Å²) >= 11 is 0. The molecule has 27 heavy (non-hydrogen) atoms. The van der Waals surface area contributed by atoms with Gasteiger partial charge in [0.15, 0.2) is 0 Å². The van der Waals surface area contributed by atoms with Gasteiger partial charge in [0.1, 0.15) is 11.5 Å². The zero-order chi connectivity index (χ0) is 19.1. The molecular formula is C22H28N2O3.